The third-order valence-electron chi connectivity index (χ3n) is 4.33. The molecule has 1 aliphatic carbocycles. The fourth-order valence-electron chi connectivity index (χ4n) is 3.07. The third kappa shape index (κ3) is 3.42. The first-order valence-electron chi connectivity index (χ1n) is 8.62. The van der Waals surface area contributed by atoms with Crippen molar-refractivity contribution >= 4 is 17.3 Å². The summed E-state index contributed by atoms with van der Waals surface area (Å²) in [6.45, 7) is 4.65. The van der Waals surface area contributed by atoms with Gasteiger partial charge in [0.2, 0.25) is 5.82 Å². The molecule has 0 bridgehead atoms. The van der Waals surface area contributed by atoms with Crippen LogP contribution < -0.4 is 10.6 Å². The normalized spacial score (nSPS) is 15.1. The number of pyridine rings is 1. The summed E-state index contributed by atoms with van der Waals surface area (Å²) in [6.07, 6.45) is 6.09. The van der Waals surface area contributed by atoms with Gasteiger partial charge in [0.15, 0.2) is 5.69 Å². The highest BCUT2D eigenvalue weighted by Crippen LogP contribution is 2.19. The van der Waals surface area contributed by atoms with E-state index in [4.69, 9.17) is 0 Å². The molecule has 6 nitrogen and oxygen atoms in total. The predicted molar refractivity (Wildman–Crippen MR) is 92.1 cm³/mol. The van der Waals surface area contributed by atoms with Crippen LogP contribution in [0, 0.1) is 5.92 Å². The van der Waals surface area contributed by atoms with Crippen LogP contribution in [-0.4, -0.2) is 33.8 Å². The van der Waals surface area contributed by atoms with E-state index in [9.17, 15) is 9.59 Å². The van der Waals surface area contributed by atoms with E-state index < -0.39 is 0 Å². The Morgan fingerprint density at radius 3 is 2.71 bits per heavy atom. The molecule has 0 unspecified atom stereocenters. The fourth-order valence-corrected chi connectivity index (χ4v) is 3.07. The van der Waals surface area contributed by atoms with Gasteiger partial charge in [0.1, 0.15) is 0 Å². The van der Waals surface area contributed by atoms with Gasteiger partial charge in [-0.1, -0.05) is 32.8 Å². The molecule has 3 rings (SSSR count). The van der Waals surface area contributed by atoms with Crippen molar-refractivity contribution in [2.75, 3.05) is 6.54 Å². The Kier molecular flexibility index (Phi) is 4.83. The van der Waals surface area contributed by atoms with Crippen LogP contribution in [0.25, 0.3) is 5.52 Å². The summed E-state index contributed by atoms with van der Waals surface area (Å²) in [7, 11) is 0. The van der Waals surface area contributed by atoms with Gasteiger partial charge in [-0.3, -0.25) is 14.0 Å². The maximum Gasteiger partial charge on any atom is 0.287 e. The van der Waals surface area contributed by atoms with E-state index in [2.05, 4.69) is 15.6 Å². The van der Waals surface area contributed by atoms with E-state index in [1.165, 1.54) is 0 Å². The van der Waals surface area contributed by atoms with Crippen LogP contribution in [0.1, 0.15) is 60.6 Å². The average molecular weight is 328 g/mol. The maximum atomic E-state index is 12.6. The minimum atomic E-state index is -0.243. The molecule has 1 saturated carbocycles. The molecule has 2 aromatic heterocycles. The van der Waals surface area contributed by atoms with Crippen molar-refractivity contribution in [3.63, 3.8) is 0 Å². The summed E-state index contributed by atoms with van der Waals surface area (Å²) < 4.78 is 1.69. The first-order valence-corrected chi connectivity index (χ1v) is 8.62. The SMILES string of the molecule is CC(C)CNC(=O)c1nc(C(=O)NC2CCCC2)n2ccccc12. The molecule has 0 aromatic carbocycles. The number of imidazole rings is 1. The molecule has 6 heteroatoms. The molecule has 2 amide bonds. The number of carbonyl (C=O) groups excluding carboxylic acids is 2. The largest absolute Gasteiger partial charge is 0.350 e. The summed E-state index contributed by atoms with van der Waals surface area (Å²) in [5.74, 6) is 0.165. The molecule has 0 radical (unpaired) electrons. The highest BCUT2D eigenvalue weighted by Gasteiger charge is 2.24. The van der Waals surface area contributed by atoms with Gasteiger partial charge in [-0.25, -0.2) is 4.98 Å². The monoisotopic (exact) mass is 328 g/mol. The van der Waals surface area contributed by atoms with E-state index >= 15 is 0 Å². The lowest BCUT2D eigenvalue weighted by Crippen LogP contribution is -2.34. The van der Waals surface area contributed by atoms with Crippen LogP contribution in [0.5, 0.6) is 0 Å². The zero-order valence-electron chi connectivity index (χ0n) is 14.2. The number of hydrogen-bond acceptors (Lipinski definition) is 3. The van der Waals surface area contributed by atoms with Crippen molar-refractivity contribution in [1.29, 1.82) is 0 Å². The third-order valence-corrected chi connectivity index (χ3v) is 4.33. The Morgan fingerprint density at radius 2 is 2.00 bits per heavy atom. The molecule has 2 aromatic rings. The second-order valence-corrected chi connectivity index (χ2v) is 6.80. The molecular formula is C18H24N4O2. The van der Waals surface area contributed by atoms with Crippen LogP contribution in [-0.2, 0) is 0 Å². The number of hydrogen-bond donors (Lipinski definition) is 2. The van der Waals surface area contributed by atoms with Gasteiger partial charge < -0.3 is 10.6 Å². The second kappa shape index (κ2) is 7.03. The van der Waals surface area contributed by atoms with Crippen molar-refractivity contribution in [1.82, 2.24) is 20.0 Å². The highest BCUT2D eigenvalue weighted by molar-refractivity contribution is 6.02. The van der Waals surface area contributed by atoms with Crippen molar-refractivity contribution in [2.45, 2.75) is 45.6 Å². The van der Waals surface area contributed by atoms with E-state index in [-0.39, 0.29) is 23.7 Å². The summed E-state index contributed by atoms with van der Waals surface area (Å²) >= 11 is 0. The summed E-state index contributed by atoms with van der Waals surface area (Å²) in [4.78, 5) is 29.4. The van der Waals surface area contributed by atoms with Crippen molar-refractivity contribution in [2.24, 2.45) is 5.92 Å². The Bertz CT molecular complexity index is 745. The number of nitrogens with one attached hydrogen (secondary N) is 2. The zero-order valence-corrected chi connectivity index (χ0v) is 14.2. The van der Waals surface area contributed by atoms with Gasteiger partial charge in [-0.05, 0) is 30.9 Å². The topological polar surface area (TPSA) is 75.5 Å². The molecule has 0 spiro atoms. The summed E-state index contributed by atoms with van der Waals surface area (Å²) in [6, 6.07) is 5.70. The van der Waals surface area contributed by atoms with Gasteiger partial charge in [0.05, 0.1) is 5.52 Å². The average Bonchev–Trinajstić information content (AvgIpc) is 3.20. The van der Waals surface area contributed by atoms with Crippen molar-refractivity contribution in [3.05, 3.63) is 35.9 Å². The van der Waals surface area contributed by atoms with Gasteiger partial charge in [-0.15, -0.1) is 0 Å². The number of fused-ring (bicyclic) bond motifs is 1. The summed E-state index contributed by atoms with van der Waals surface area (Å²) in [5.41, 5.74) is 0.947. The predicted octanol–water partition coefficient (Wildman–Crippen LogP) is 2.39. The lowest BCUT2D eigenvalue weighted by atomic mass is 10.2. The van der Waals surface area contributed by atoms with Crippen LogP contribution in [0.4, 0.5) is 0 Å². The van der Waals surface area contributed by atoms with E-state index in [1.54, 1.807) is 10.6 Å². The van der Waals surface area contributed by atoms with Gasteiger partial charge in [0.25, 0.3) is 11.8 Å². The number of aromatic nitrogens is 2. The van der Waals surface area contributed by atoms with Crippen molar-refractivity contribution < 1.29 is 9.59 Å². The Labute approximate surface area is 141 Å². The molecule has 1 aliphatic rings. The second-order valence-electron chi connectivity index (χ2n) is 6.80. The molecule has 0 atom stereocenters. The smallest absolute Gasteiger partial charge is 0.287 e. The molecule has 0 aliphatic heterocycles. The lowest BCUT2D eigenvalue weighted by Gasteiger charge is -2.10. The Balaban J connectivity index is 1.88. The maximum absolute atomic E-state index is 12.6. The van der Waals surface area contributed by atoms with Gasteiger partial charge >= 0.3 is 0 Å². The Morgan fingerprint density at radius 1 is 1.25 bits per heavy atom. The van der Waals surface area contributed by atoms with E-state index in [0.29, 0.717) is 23.7 Å². The quantitative estimate of drug-likeness (QED) is 0.885. The molecule has 1 fully saturated rings. The first kappa shape index (κ1) is 16.5. The van der Waals surface area contributed by atoms with E-state index in [0.717, 1.165) is 25.7 Å². The molecule has 2 heterocycles. The van der Waals surface area contributed by atoms with Crippen LogP contribution in [0.15, 0.2) is 24.4 Å². The number of amides is 2. The fraction of sp³-hybridized carbons (Fsp3) is 0.500. The van der Waals surface area contributed by atoms with Crippen LogP contribution >= 0.6 is 0 Å². The Hall–Kier alpha value is -2.37. The number of rotatable bonds is 5. The zero-order chi connectivity index (χ0) is 17.1. The molecular weight excluding hydrogens is 304 g/mol. The van der Waals surface area contributed by atoms with Crippen LogP contribution in [0.3, 0.4) is 0 Å². The minimum Gasteiger partial charge on any atom is -0.350 e. The number of carbonyl (C=O) groups is 2. The van der Waals surface area contributed by atoms with Gasteiger partial charge in [0, 0.05) is 18.8 Å². The highest BCUT2D eigenvalue weighted by atomic mass is 16.2. The van der Waals surface area contributed by atoms with Crippen LogP contribution in [0.2, 0.25) is 0 Å². The molecule has 2 N–H and O–H groups in total. The lowest BCUT2D eigenvalue weighted by molar-refractivity contribution is 0.0926. The van der Waals surface area contributed by atoms with E-state index in [1.807, 2.05) is 32.0 Å². The molecule has 128 valence electrons. The summed E-state index contributed by atoms with van der Waals surface area (Å²) in [5, 5.41) is 5.91. The molecule has 24 heavy (non-hydrogen) atoms. The standard InChI is InChI=1S/C18H24N4O2/c1-12(2)11-19-17(23)15-14-9-5-6-10-22(14)16(21-15)18(24)20-13-7-3-4-8-13/h5-6,9-10,12-13H,3-4,7-8,11H2,1-2H3,(H,19,23)(H,20,24). The van der Waals surface area contributed by atoms with Crippen molar-refractivity contribution in [3.8, 4) is 0 Å². The minimum absolute atomic E-state index is 0.215. The number of nitrogens with zero attached hydrogens (tertiary/aromatic N) is 2. The first-order chi connectivity index (χ1) is 11.6. The molecule has 0 saturated heterocycles. The van der Waals surface area contributed by atoms with Gasteiger partial charge in [-0.2, -0.15) is 0 Å².